The quantitative estimate of drug-likeness (QED) is 0.854. The first kappa shape index (κ1) is 13.4. The van der Waals surface area contributed by atoms with Crippen LogP contribution in [0.15, 0.2) is 16.6 Å². The molecule has 0 spiro atoms. The van der Waals surface area contributed by atoms with E-state index in [0.29, 0.717) is 6.61 Å². The van der Waals surface area contributed by atoms with Crippen molar-refractivity contribution in [3.05, 3.63) is 22.2 Å². The first-order valence-corrected chi connectivity index (χ1v) is 7.09. The average molecular weight is 312 g/mol. The maximum absolute atomic E-state index is 11.7. The molecular weight excluding hydrogens is 294 g/mol. The number of halogens is 1. The number of fused-ring (bicyclic) bond motifs is 1. The van der Waals surface area contributed by atoms with Gasteiger partial charge in [0.05, 0.1) is 16.8 Å². The first-order chi connectivity index (χ1) is 8.56. The van der Waals surface area contributed by atoms with Gasteiger partial charge in [0.25, 0.3) is 0 Å². The number of hydrogen-bond acceptors (Lipinski definition) is 2. The van der Waals surface area contributed by atoms with E-state index in [2.05, 4.69) is 29.8 Å². The van der Waals surface area contributed by atoms with E-state index in [1.165, 1.54) is 0 Å². The van der Waals surface area contributed by atoms with E-state index < -0.39 is 0 Å². The Morgan fingerprint density at radius 2 is 2.28 bits per heavy atom. The SMILES string of the molecule is CCCOc1c(Br)ccc2c1CC(C)N2C(C)=O. The number of hydrogen-bond donors (Lipinski definition) is 0. The van der Waals surface area contributed by atoms with Crippen molar-refractivity contribution in [1.82, 2.24) is 0 Å². The van der Waals surface area contributed by atoms with E-state index in [9.17, 15) is 4.79 Å². The summed E-state index contributed by atoms with van der Waals surface area (Å²) in [6.45, 7) is 6.46. The summed E-state index contributed by atoms with van der Waals surface area (Å²) < 4.78 is 6.79. The lowest BCUT2D eigenvalue weighted by atomic mass is 10.1. The average Bonchev–Trinajstić information content (AvgIpc) is 2.64. The van der Waals surface area contributed by atoms with Crippen LogP contribution in [-0.2, 0) is 11.2 Å². The fraction of sp³-hybridized carbons (Fsp3) is 0.500. The molecule has 3 nitrogen and oxygen atoms in total. The first-order valence-electron chi connectivity index (χ1n) is 6.30. The summed E-state index contributed by atoms with van der Waals surface area (Å²) in [5, 5.41) is 0. The predicted octanol–water partition coefficient (Wildman–Crippen LogP) is 3.54. The summed E-state index contributed by atoms with van der Waals surface area (Å²) in [7, 11) is 0. The number of carbonyl (C=O) groups is 1. The number of rotatable bonds is 3. The van der Waals surface area contributed by atoms with Crippen LogP contribution in [0.3, 0.4) is 0 Å². The summed E-state index contributed by atoms with van der Waals surface area (Å²) in [6.07, 6.45) is 1.83. The molecule has 0 N–H and O–H groups in total. The van der Waals surface area contributed by atoms with E-state index in [1.54, 1.807) is 6.92 Å². The Bertz CT molecular complexity index is 473. The van der Waals surface area contributed by atoms with Gasteiger partial charge in [-0.25, -0.2) is 0 Å². The zero-order valence-corrected chi connectivity index (χ0v) is 12.6. The Balaban J connectivity index is 2.43. The molecule has 1 atom stereocenters. The van der Waals surface area contributed by atoms with Crippen molar-refractivity contribution < 1.29 is 9.53 Å². The molecule has 1 unspecified atom stereocenters. The van der Waals surface area contributed by atoms with Gasteiger partial charge in [-0.1, -0.05) is 6.92 Å². The fourth-order valence-corrected chi connectivity index (χ4v) is 2.96. The predicted molar refractivity (Wildman–Crippen MR) is 76.3 cm³/mol. The molecular formula is C14H18BrNO2. The molecule has 4 heteroatoms. The molecule has 1 aromatic rings. The second kappa shape index (κ2) is 5.31. The van der Waals surface area contributed by atoms with Gasteiger partial charge in [0.15, 0.2) is 0 Å². The Kier molecular flexibility index (Phi) is 3.95. The highest BCUT2D eigenvalue weighted by Crippen LogP contribution is 2.42. The molecule has 2 rings (SSSR count). The van der Waals surface area contributed by atoms with Crippen LogP contribution in [0, 0.1) is 0 Å². The zero-order valence-electron chi connectivity index (χ0n) is 11.0. The Morgan fingerprint density at radius 3 is 2.89 bits per heavy atom. The number of anilines is 1. The molecule has 0 saturated heterocycles. The molecule has 0 aliphatic carbocycles. The molecule has 0 bridgehead atoms. The maximum atomic E-state index is 11.7. The van der Waals surface area contributed by atoms with Crippen molar-refractivity contribution in [1.29, 1.82) is 0 Å². The highest BCUT2D eigenvalue weighted by Gasteiger charge is 2.32. The summed E-state index contributed by atoms with van der Waals surface area (Å²) in [5.74, 6) is 0.981. The van der Waals surface area contributed by atoms with E-state index in [1.807, 2.05) is 17.0 Å². The Hall–Kier alpha value is -1.03. The molecule has 0 aromatic heterocycles. The van der Waals surface area contributed by atoms with Gasteiger partial charge in [0.1, 0.15) is 5.75 Å². The second-order valence-corrected chi connectivity index (χ2v) is 5.52. The highest BCUT2D eigenvalue weighted by atomic mass is 79.9. The van der Waals surface area contributed by atoms with E-state index in [0.717, 1.165) is 34.3 Å². The van der Waals surface area contributed by atoms with Crippen LogP contribution in [0.5, 0.6) is 5.75 Å². The fourth-order valence-electron chi connectivity index (χ4n) is 2.48. The number of amides is 1. The van der Waals surface area contributed by atoms with Crippen LogP contribution < -0.4 is 9.64 Å². The van der Waals surface area contributed by atoms with Crippen molar-refractivity contribution in [2.24, 2.45) is 0 Å². The van der Waals surface area contributed by atoms with E-state index in [-0.39, 0.29) is 11.9 Å². The van der Waals surface area contributed by atoms with Crippen LogP contribution in [0.4, 0.5) is 5.69 Å². The van der Waals surface area contributed by atoms with Gasteiger partial charge in [-0.2, -0.15) is 0 Å². The smallest absolute Gasteiger partial charge is 0.224 e. The number of ether oxygens (including phenoxy) is 1. The van der Waals surface area contributed by atoms with Crippen LogP contribution in [-0.4, -0.2) is 18.6 Å². The third-order valence-electron chi connectivity index (χ3n) is 3.18. The number of nitrogens with zero attached hydrogens (tertiary/aromatic N) is 1. The van der Waals surface area contributed by atoms with E-state index in [4.69, 9.17) is 4.74 Å². The molecule has 1 aliphatic rings. The van der Waals surface area contributed by atoms with Crippen molar-refractivity contribution in [2.45, 2.75) is 39.7 Å². The van der Waals surface area contributed by atoms with Gasteiger partial charge in [0, 0.05) is 18.5 Å². The molecule has 0 fully saturated rings. The van der Waals surface area contributed by atoms with Crippen molar-refractivity contribution >= 4 is 27.5 Å². The lowest BCUT2D eigenvalue weighted by Gasteiger charge is -2.20. The highest BCUT2D eigenvalue weighted by molar-refractivity contribution is 9.10. The summed E-state index contributed by atoms with van der Waals surface area (Å²) in [4.78, 5) is 13.6. The van der Waals surface area contributed by atoms with Gasteiger partial charge < -0.3 is 9.64 Å². The minimum absolute atomic E-state index is 0.0880. The van der Waals surface area contributed by atoms with Gasteiger partial charge in [-0.3, -0.25) is 4.79 Å². The third-order valence-corrected chi connectivity index (χ3v) is 3.80. The minimum Gasteiger partial charge on any atom is -0.492 e. The lowest BCUT2D eigenvalue weighted by Crippen LogP contribution is -2.33. The summed E-state index contributed by atoms with van der Waals surface area (Å²) in [6, 6.07) is 4.15. The minimum atomic E-state index is 0.0880. The Labute approximate surface area is 116 Å². The van der Waals surface area contributed by atoms with Gasteiger partial charge in [0.2, 0.25) is 5.91 Å². The van der Waals surface area contributed by atoms with Crippen LogP contribution in [0.2, 0.25) is 0 Å². The Morgan fingerprint density at radius 1 is 1.56 bits per heavy atom. The third kappa shape index (κ3) is 2.26. The topological polar surface area (TPSA) is 29.5 Å². The second-order valence-electron chi connectivity index (χ2n) is 4.66. The summed E-state index contributed by atoms with van der Waals surface area (Å²) in [5.41, 5.74) is 2.13. The molecule has 1 amide bonds. The maximum Gasteiger partial charge on any atom is 0.224 e. The van der Waals surface area contributed by atoms with Crippen LogP contribution in [0.1, 0.15) is 32.8 Å². The van der Waals surface area contributed by atoms with Crippen LogP contribution in [0.25, 0.3) is 0 Å². The molecule has 0 saturated carbocycles. The molecule has 1 heterocycles. The van der Waals surface area contributed by atoms with Gasteiger partial charge in [-0.15, -0.1) is 0 Å². The number of carbonyl (C=O) groups excluding carboxylic acids is 1. The molecule has 1 aromatic carbocycles. The molecule has 1 aliphatic heterocycles. The van der Waals surface area contributed by atoms with Gasteiger partial charge in [-0.05, 0) is 47.8 Å². The van der Waals surface area contributed by atoms with Crippen molar-refractivity contribution in [3.8, 4) is 5.75 Å². The normalized spacial score (nSPS) is 17.8. The number of benzene rings is 1. The summed E-state index contributed by atoms with van der Waals surface area (Å²) >= 11 is 3.53. The lowest BCUT2D eigenvalue weighted by molar-refractivity contribution is -0.116. The largest absolute Gasteiger partial charge is 0.492 e. The zero-order chi connectivity index (χ0) is 13.3. The van der Waals surface area contributed by atoms with Crippen molar-refractivity contribution in [3.63, 3.8) is 0 Å². The monoisotopic (exact) mass is 311 g/mol. The molecule has 0 radical (unpaired) electrons. The standard InChI is InChI=1S/C14H18BrNO2/c1-4-7-18-14-11-8-9(2)16(10(3)17)13(11)6-5-12(14)15/h5-6,9H,4,7-8H2,1-3H3. The van der Waals surface area contributed by atoms with E-state index >= 15 is 0 Å². The molecule has 18 heavy (non-hydrogen) atoms. The molecule has 98 valence electrons. The van der Waals surface area contributed by atoms with Crippen molar-refractivity contribution in [2.75, 3.05) is 11.5 Å². The van der Waals surface area contributed by atoms with Crippen LogP contribution >= 0.6 is 15.9 Å². The van der Waals surface area contributed by atoms with Gasteiger partial charge >= 0.3 is 0 Å².